The van der Waals surface area contributed by atoms with E-state index in [2.05, 4.69) is 0 Å². The Kier molecular flexibility index (Phi) is 14500. The fraction of sp³-hybridized carbons (Fsp3) is 0.750. The zero-order valence-electron chi connectivity index (χ0n) is 2.82. The lowest BCUT2D eigenvalue weighted by atomic mass is 11.7. The molecule has 0 radical (unpaired) electrons. The second-order valence-electron chi connectivity index (χ2n) is 0.204. The Morgan fingerprint density at radius 3 is 0.667 bits per heavy atom. The van der Waals surface area contributed by atoms with Gasteiger partial charge < -0.3 is 0 Å². The molecule has 0 bridgehead atoms. The van der Waals surface area contributed by atoms with Gasteiger partial charge in [-0.2, -0.15) is 0 Å². The standard InChI is InChI=1S/2CHNO.6CH4.H2/c2*2-1-3;;;;;;;/h2*2H;6*1H4;1H. The van der Waals surface area contributed by atoms with Crippen LogP contribution in [-0.4, -0.2) is 12.2 Å². The van der Waals surface area contributed by atoms with Crippen molar-refractivity contribution >= 4 is 12.2 Å². The van der Waals surface area contributed by atoms with Gasteiger partial charge in [0.05, 0.1) is 0 Å². The maximum atomic E-state index is 8.35. The Labute approximate surface area is 79.5 Å². The predicted octanol–water partition coefficient (Wildman–Crippen LogP) is 3.86. The highest BCUT2D eigenvalue weighted by molar-refractivity contribution is 5.26. The first-order valence-electron chi connectivity index (χ1n) is 0.908. The van der Waals surface area contributed by atoms with Gasteiger partial charge in [0.15, 0.2) is 0 Å². The molecule has 0 aliphatic rings. The molecular formula is C8H28N2O2. The second kappa shape index (κ2) is 1300. The molecule has 0 rings (SSSR count). The molecule has 0 fully saturated rings. The van der Waals surface area contributed by atoms with Gasteiger partial charge in [0, 0.05) is 1.43 Å². The predicted molar refractivity (Wildman–Crippen MR) is 59.3 cm³/mol. The summed E-state index contributed by atoms with van der Waals surface area (Å²) in [4.78, 5) is 16.7. The van der Waals surface area contributed by atoms with E-state index in [4.69, 9.17) is 20.4 Å². The normalized spacial score (nSPS) is 1.33. The van der Waals surface area contributed by atoms with Crippen LogP contribution < -0.4 is 0 Å². The minimum atomic E-state index is 0. The van der Waals surface area contributed by atoms with Crippen LogP contribution in [0.1, 0.15) is 46.0 Å². The molecule has 0 atom stereocenters. The van der Waals surface area contributed by atoms with Crippen LogP contribution in [-0.2, 0) is 9.59 Å². The van der Waals surface area contributed by atoms with Crippen molar-refractivity contribution in [2.45, 2.75) is 44.6 Å². The molecule has 0 aromatic carbocycles. The summed E-state index contributed by atoms with van der Waals surface area (Å²) in [5.41, 5.74) is 0. The maximum absolute atomic E-state index is 8.35. The number of hydrogen-bond acceptors (Lipinski definition) is 4. The number of hydrogen-bond donors (Lipinski definition) is 2. The molecule has 0 spiro atoms. The first-order chi connectivity index (χ1) is 2.83. The van der Waals surface area contributed by atoms with E-state index >= 15 is 0 Å². The first kappa shape index (κ1) is 135. The van der Waals surface area contributed by atoms with E-state index in [-0.39, 0.29) is 46.0 Å². The van der Waals surface area contributed by atoms with Crippen molar-refractivity contribution in [1.82, 2.24) is 0 Å². The van der Waals surface area contributed by atoms with Crippen LogP contribution >= 0.6 is 0 Å². The van der Waals surface area contributed by atoms with E-state index < -0.39 is 0 Å². The third kappa shape index (κ3) is 343. The van der Waals surface area contributed by atoms with Crippen molar-refractivity contribution in [1.29, 1.82) is 10.8 Å². The van der Waals surface area contributed by atoms with Gasteiger partial charge in [-0.1, -0.05) is 44.6 Å². The SMILES string of the molecule is C.C.C.C.C.C.N=C=O.N=C=O.[HH]. The van der Waals surface area contributed by atoms with Crippen LogP contribution in [0.4, 0.5) is 0 Å². The minimum absolute atomic E-state index is 0. The molecule has 0 unspecified atom stereocenters. The summed E-state index contributed by atoms with van der Waals surface area (Å²) in [5, 5.41) is 10.8. The Balaban J connectivity index is -0.00000000229. The monoisotopic (exact) mass is 184 g/mol. The molecule has 82 valence electrons. The van der Waals surface area contributed by atoms with Crippen molar-refractivity contribution in [3.05, 3.63) is 0 Å². The number of carbonyl (C=O) groups excluding carboxylic acids is 2. The quantitative estimate of drug-likeness (QED) is 0.442. The molecule has 2 N–H and O–H groups in total. The zero-order valence-corrected chi connectivity index (χ0v) is 2.82. The molecule has 4 heteroatoms. The molecule has 0 aromatic heterocycles. The van der Waals surface area contributed by atoms with E-state index in [0.29, 0.717) is 0 Å². The molecule has 12 heavy (non-hydrogen) atoms. The smallest absolute Gasteiger partial charge is 0.222 e. The third-order valence-corrected chi connectivity index (χ3v) is 0. The van der Waals surface area contributed by atoms with E-state index in [1.54, 1.807) is 0 Å². The number of rotatable bonds is 0. The van der Waals surface area contributed by atoms with Gasteiger partial charge in [0.2, 0.25) is 12.2 Å². The van der Waals surface area contributed by atoms with E-state index in [1.165, 1.54) is 0 Å². The van der Waals surface area contributed by atoms with E-state index in [0.717, 1.165) is 12.2 Å². The highest BCUT2D eigenvalue weighted by Gasteiger charge is 1.04. The lowest BCUT2D eigenvalue weighted by Gasteiger charge is -1.02. The summed E-state index contributed by atoms with van der Waals surface area (Å²) in [5.74, 6) is 0. The highest BCUT2D eigenvalue weighted by atomic mass is 16.1. The van der Waals surface area contributed by atoms with Crippen LogP contribution in [0.25, 0.3) is 0 Å². The van der Waals surface area contributed by atoms with Gasteiger partial charge in [-0.15, -0.1) is 0 Å². The van der Waals surface area contributed by atoms with E-state index in [1.807, 2.05) is 0 Å². The number of nitrogens with one attached hydrogen (secondary N) is 2. The Hall–Kier alpha value is -1.24. The Morgan fingerprint density at radius 1 is 0.667 bits per heavy atom. The van der Waals surface area contributed by atoms with Crippen molar-refractivity contribution in [3.63, 3.8) is 0 Å². The molecule has 0 aliphatic heterocycles. The molecule has 0 amide bonds. The summed E-state index contributed by atoms with van der Waals surface area (Å²) in [6.45, 7) is 0. The first-order valence-corrected chi connectivity index (χ1v) is 0.908. The molecular weight excluding hydrogens is 156 g/mol. The van der Waals surface area contributed by atoms with Crippen LogP contribution in [0.5, 0.6) is 0 Å². The van der Waals surface area contributed by atoms with Crippen LogP contribution in [0.2, 0.25) is 0 Å². The lowest BCUT2D eigenvalue weighted by molar-refractivity contribution is 0.562. The summed E-state index contributed by atoms with van der Waals surface area (Å²) in [6, 6.07) is 0. The van der Waals surface area contributed by atoms with Crippen molar-refractivity contribution in [2.75, 3.05) is 0 Å². The van der Waals surface area contributed by atoms with Crippen LogP contribution in [0, 0.1) is 10.8 Å². The Morgan fingerprint density at radius 2 is 0.667 bits per heavy atom. The molecule has 0 saturated heterocycles. The summed E-state index contributed by atoms with van der Waals surface area (Å²) >= 11 is 0. The van der Waals surface area contributed by atoms with E-state index in [9.17, 15) is 0 Å². The van der Waals surface area contributed by atoms with Gasteiger partial charge in [-0.25, -0.2) is 20.4 Å². The molecule has 0 aliphatic carbocycles. The average molecular weight is 184 g/mol. The number of isocyanates is 2. The highest BCUT2D eigenvalue weighted by Crippen LogP contribution is 0.871. The van der Waals surface area contributed by atoms with Gasteiger partial charge in [0.25, 0.3) is 0 Å². The molecule has 0 aromatic rings. The van der Waals surface area contributed by atoms with Gasteiger partial charge in [0.1, 0.15) is 0 Å². The molecule has 0 saturated carbocycles. The van der Waals surface area contributed by atoms with Crippen LogP contribution in [0.3, 0.4) is 0 Å². The second-order valence-corrected chi connectivity index (χ2v) is 0.204. The third-order valence-electron chi connectivity index (χ3n) is 0. The van der Waals surface area contributed by atoms with Crippen molar-refractivity contribution < 1.29 is 11.0 Å². The fourth-order valence-corrected chi connectivity index (χ4v) is 0. The Bertz CT molecular complexity index is 74.1. The summed E-state index contributed by atoms with van der Waals surface area (Å²) < 4.78 is 0. The molecule has 4 nitrogen and oxygen atoms in total. The van der Waals surface area contributed by atoms with Gasteiger partial charge in [-0.3, -0.25) is 0 Å². The fourth-order valence-electron chi connectivity index (χ4n) is 0. The largest absolute Gasteiger partial charge is 0.231 e. The molecule has 0 heterocycles. The minimum Gasteiger partial charge on any atom is -0.222 e. The average Bonchev–Trinajstić information content (AvgIpc) is 1.39. The maximum Gasteiger partial charge on any atom is 0.231 e. The van der Waals surface area contributed by atoms with Crippen molar-refractivity contribution in [2.24, 2.45) is 0 Å². The van der Waals surface area contributed by atoms with Gasteiger partial charge in [-0.05, 0) is 0 Å². The zero-order chi connectivity index (χ0) is 5.41. The van der Waals surface area contributed by atoms with Gasteiger partial charge >= 0.3 is 0 Å². The van der Waals surface area contributed by atoms with Crippen LogP contribution in [0.15, 0.2) is 0 Å². The lowest BCUT2D eigenvalue weighted by Crippen LogP contribution is -1.16. The summed E-state index contributed by atoms with van der Waals surface area (Å²) in [7, 11) is 0. The summed E-state index contributed by atoms with van der Waals surface area (Å²) in [6.07, 6.45) is 1.50. The topological polar surface area (TPSA) is 81.8 Å². The van der Waals surface area contributed by atoms with Crippen molar-refractivity contribution in [3.8, 4) is 0 Å².